The van der Waals surface area contributed by atoms with Crippen molar-refractivity contribution in [3.8, 4) is 5.75 Å². The highest BCUT2D eigenvalue weighted by Crippen LogP contribution is 2.32. The van der Waals surface area contributed by atoms with Crippen molar-refractivity contribution in [2.75, 3.05) is 13.1 Å². The number of ether oxygens (including phenoxy) is 1. The number of hydrogen-bond donors (Lipinski definition) is 1. The van der Waals surface area contributed by atoms with E-state index >= 15 is 0 Å². The topological polar surface area (TPSA) is 58.6 Å². The Morgan fingerprint density at radius 2 is 1.88 bits per heavy atom. The van der Waals surface area contributed by atoms with E-state index in [-0.39, 0.29) is 11.8 Å². The molecule has 128 valence electrons. The first kappa shape index (κ1) is 15.7. The Morgan fingerprint density at radius 1 is 1.12 bits per heavy atom. The van der Waals surface area contributed by atoms with Crippen LogP contribution in [0.3, 0.4) is 0 Å². The van der Waals surface area contributed by atoms with Gasteiger partial charge < -0.3 is 15.0 Å². The van der Waals surface area contributed by atoms with E-state index in [4.69, 9.17) is 4.74 Å². The lowest BCUT2D eigenvalue weighted by Gasteiger charge is -2.45. The molecule has 1 saturated heterocycles. The lowest BCUT2D eigenvalue weighted by atomic mass is 9.97. The van der Waals surface area contributed by atoms with Crippen LogP contribution in [0, 0.1) is 0 Å². The molecule has 0 aliphatic carbocycles. The molecule has 2 aromatic rings. The molecule has 1 fully saturated rings. The smallest absolute Gasteiger partial charge is 0.258 e. The Kier molecular flexibility index (Phi) is 3.92. The maximum atomic E-state index is 12.7. The molecule has 2 amide bonds. The fourth-order valence-electron chi connectivity index (χ4n) is 3.56. The van der Waals surface area contributed by atoms with Gasteiger partial charge in [0.25, 0.3) is 5.91 Å². The molecule has 5 nitrogen and oxygen atoms in total. The molecule has 2 aliphatic rings. The molecule has 0 radical (unpaired) electrons. The summed E-state index contributed by atoms with van der Waals surface area (Å²) in [5, 5.41) is 2.98. The Labute approximate surface area is 146 Å². The van der Waals surface area contributed by atoms with Crippen LogP contribution in [-0.4, -0.2) is 35.5 Å². The molecule has 2 aromatic carbocycles. The fraction of sp³-hybridized carbons (Fsp3) is 0.300. The second-order valence-electron chi connectivity index (χ2n) is 6.63. The van der Waals surface area contributed by atoms with Crippen molar-refractivity contribution >= 4 is 11.8 Å². The number of para-hydroxylation sites is 1. The van der Waals surface area contributed by atoms with Gasteiger partial charge in [-0.3, -0.25) is 9.59 Å². The highest BCUT2D eigenvalue weighted by molar-refractivity contribution is 5.98. The summed E-state index contributed by atoms with van der Waals surface area (Å²) in [5.74, 6) is 0.504. The highest BCUT2D eigenvalue weighted by atomic mass is 16.5. The van der Waals surface area contributed by atoms with Gasteiger partial charge in [0, 0.05) is 13.0 Å². The second kappa shape index (κ2) is 6.24. The Bertz CT molecular complexity index is 806. The minimum atomic E-state index is -0.823. The molecular weight excluding hydrogens is 316 g/mol. The molecule has 0 bridgehead atoms. The number of hydrogen-bond acceptors (Lipinski definition) is 3. The van der Waals surface area contributed by atoms with Crippen molar-refractivity contribution in [3.63, 3.8) is 0 Å². The first-order chi connectivity index (χ1) is 12.2. The van der Waals surface area contributed by atoms with Crippen molar-refractivity contribution < 1.29 is 14.3 Å². The number of benzene rings is 2. The van der Waals surface area contributed by atoms with Gasteiger partial charge in [-0.15, -0.1) is 0 Å². The minimum Gasteiger partial charge on any atom is -0.465 e. The predicted octanol–water partition coefficient (Wildman–Crippen LogP) is 2.37. The molecule has 2 aliphatic heterocycles. The van der Waals surface area contributed by atoms with Gasteiger partial charge in [0.2, 0.25) is 11.6 Å². The molecule has 2 heterocycles. The van der Waals surface area contributed by atoms with Crippen LogP contribution >= 0.6 is 0 Å². The van der Waals surface area contributed by atoms with Crippen LogP contribution in [0.2, 0.25) is 0 Å². The minimum absolute atomic E-state index is 0.0574. The van der Waals surface area contributed by atoms with E-state index in [0.717, 1.165) is 12.0 Å². The van der Waals surface area contributed by atoms with Gasteiger partial charge in [0.05, 0.1) is 18.5 Å². The van der Waals surface area contributed by atoms with Crippen molar-refractivity contribution in [1.29, 1.82) is 0 Å². The van der Waals surface area contributed by atoms with Crippen LogP contribution in [0.4, 0.5) is 0 Å². The molecule has 1 atom stereocenters. The van der Waals surface area contributed by atoms with Crippen LogP contribution in [-0.2, 0) is 11.2 Å². The third-order valence-corrected chi connectivity index (χ3v) is 4.78. The highest BCUT2D eigenvalue weighted by Gasteiger charge is 2.44. The molecule has 1 N–H and O–H groups in total. The summed E-state index contributed by atoms with van der Waals surface area (Å²) >= 11 is 0. The van der Waals surface area contributed by atoms with Gasteiger partial charge in [0.15, 0.2) is 0 Å². The number of fused-ring (bicyclic) bond motifs is 1. The van der Waals surface area contributed by atoms with Crippen LogP contribution in [0.15, 0.2) is 54.6 Å². The van der Waals surface area contributed by atoms with Gasteiger partial charge in [-0.05, 0) is 24.1 Å². The van der Waals surface area contributed by atoms with E-state index in [2.05, 4.69) is 5.32 Å². The lowest BCUT2D eigenvalue weighted by molar-refractivity contribution is -0.137. The molecule has 0 saturated carbocycles. The zero-order chi connectivity index (χ0) is 17.3. The van der Waals surface area contributed by atoms with E-state index in [1.165, 1.54) is 0 Å². The van der Waals surface area contributed by atoms with Crippen LogP contribution in [0.5, 0.6) is 5.75 Å². The SMILES string of the molecule is O=C1NC2(CCCN(C(=O)Cc3ccccc3)C2)Oc2ccccc21. The van der Waals surface area contributed by atoms with E-state index in [9.17, 15) is 9.59 Å². The average molecular weight is 336 g/mol. The van der Waals surface area contributed by atoms with E-state index in [0.29, 0.717) is 37.2 Å². The average Bonchev–Trinajstić information content (AvgIpc) is 2.62. The summed E-state index contributed by atoms with van der Waals surface area (Å²) in [7, 11) is 0. The molecule has 4 rings (SSSR count). The maximum absolute atomic E-state index is 12.7. The summed E-state index contributed by atoms with van der Waals surface area (Å²) in [5.41, 5.74) is 0.711. The van der Waals surface area contributed by atoms with Crippen molar-refractivity contribution in [3.05, 3.63) is 65.7 Å². The Morgan fingerprint density at radius 3 is 2.72 bits per heavy atom. The van der Waals surface area contributed by atoms with E-state index in [1.54, 1.807) is 17.0 Å². The number of amides is 2. The number of rotatable bonds is 2. The van der Waals surface area contributed by atoms with Gasteiger partial charge in [-0.1, -0.05) is 42.5 Å². The largest absolute Gasteiger partial charge is 0.465 e. The van der Waals surface area contributed by atoms with Crippen molar-refractivity contribution in [1.82, 2.24) is 10.2 Å². The molecule has 1 spiro atoms. The van der Waals surface area contributed by atoms with Crippen molar-refractivity contribution in [2.45, 2.75) is 25.0 Å². The quantitative estimate of drug-likeness (QED) is 0.916. The summed E-state index contributed by atoms with van der Waals surface area (Å²) in [6.45, 7) is 1.06. The first-order valence-electron chi connectivity index (χ1n) is 8.57. The number of likely N-dealkylation sites (tertiary alicyclic amines) is 1. The molecule has 0 aromatic heterocycles. The van der Waals surface area contributed by atoms with Crippen LogP contribution in [0.1, 0.15) is 28.8 Å². The third kappa shape index (κ3) is 3.09. The molecule has 5 heteroatoms. The monoisotopic (exact) mass is 336 g/mol. The van der Waals surface area contributed by atoms with Gasteiger partial charge in [-0.2, -0.15) is 0 Å². The third-order valence-electron chi connectivity index (χ3n) is 4.78. The standard InChI is InChI=1S/C20H20N2O3/c23-18(13-15-7-2-1-3-8-15)22-12-6-11-20(14-22)21-19(24)16-9-4-5-10-17(16)25-20/h1-5,7-10H,6,11-14H2,(H,21,24). The molecule has 1 unspecified atom stereocenters. The fourth-order valence-corrected chi connectivity index (χ4v) is 3.56. The number of carbonyl (C=O) groups is 2. The van der Waals surface area contributed by atoms with Gasteiger partial charge in [-0.25, -0.2) is 0 Å². The zero-order valence-electron chi connectivity index (χ0n) is 13.9. The van der Waals surface area contributed by atoms with Crippen LogP contribution in [0.25, 0.3) is 0 Å². The number of carbonyl (C=O) groups excluding carboxylic acids is 2. The Hall–Kier alpha value is -2.82. The number of nitrogens with zero attached hydrogens (tertiary/aromatic N) is 1. The van der Waals surface area contributed by atoms with E-state index < -0.39 is 5.72 Å². The summed E-state index contributed by atoms with van der Waals surface area (Å²) in [6.07, 6.45) is 1.85. The van der Waals surface area contributed by atoms with Crippen molar-refractivity contribution in [2.24, 2.45) is 0 Å². The second-order valence-corrected chi connectivity index (χ2v) is 6.63. The van der Waals surface area contributed by atoms with Gasteiger partial charge in [0.1, 0.15) is 5.75 Å². The van der Waals surface area contributed by atoms with Gasteiger partial charge >= 0.3 is 0 Å². The maximum Gasteiger partial charge on any atom is 0.258 e. The normalized spacial score (nSPS) is 22.1. The van der Waals surface area contributed by atoms with Crippen LogP contribution < -0.4 is 10.1 Å². The Balaban J connectivity index is 1.51. The first-order valence-corrected chi connectivity index (χ1v) is 8.57. The summed E-state index contributed by atoms with van der Waals surface area (Å²) in [4.78, 5) is 26.9. The summed E-state index contributed by atoms with van der Waals surface area (Å²) in [6, 6.07) is 16.9. The summed E-state index contributed by atoms with van der Waals surface area (Å²) < 4.78 is 6.14. The number of nitrogens with one attached hydrogen (secondary N) is 1. The molecular formula is C20H20N2O3. The molecule has 25 heavy (non-hydrogen) atoms. The number of piperidine rings is 1. The zero-order valence-corrected chi connectivity index (χ0v) is 13.9. The lowest BCUT2D eigenvalue weighted by Crippen LogP contribution is -2.65. The van der Waals surface area contributed by atoms with E-state index in [1.807, 2.05) is 42.5 Å². The predicted molar refractivity (Wildman–Crippen MR) is 93.2 cm³/mol.